The fourth-order valence-corrected chi connectivity index (χ4v) is 2.29. The van der Waals surface area contributed by atoms with E-state index >= 15 is 0 Å². The first kappa shape index (κ1) is 17.3. The summed E-state index contributed by atoms with van der Waals surface area (Å²) in [7, 11) is 0. The number of amides is 1. The molecule has 0 radical (unpaired) electrons. The Labute approximate surface area is 145 Å². The standard InChI is InChI=1S/C17H16Cl2N2O2/c1-11-6-7-15(12(2)8-11)23-10-16(22)21-20-9-13-4-3-5-14(18)17(13)19/h3-9H,10H2,1-2H3,(H,21,22). The lowest BCUT2D eigenvalue weighted by molar-refractivity contribution is -0.123. The first-order chi connectivity index (χ1) is 11.0. The molecule has 6 heteroatoms. The Hall–Kier alpha value is -2.04. The lowest BCUT2D eigenvalue weighted by atomic mass is 10.1. The molecule has 0 saturated carbocycles. The minimum absolute atomic E-state index is 0.121. The fourth-order valence-electron chi connectivity index (χ4n) is 1.93. The zero-order valence-electron chi connectivity index (χ0n) is 12.8. The molecule has 0 aliphatic heterocycles. The third kappa shape index (κ3) is 4.98. The van der Waals surface area contributed by atoms with Crippen LogP contribution < -0.4 is 10.2 Å². The second-order valence-electron chi connectivity index (χ2n) is 4.99. The molecule has 0 bridgehead atoms. The van der Waals surface area contributed by atoms with Gasteiger partial charge in [0.1, 0.15) is 5.75 Å². The molecule has 2 rings (SSSR count). The van der Waals surface area contributed by atoms with Crippen molar-refractivity contribution in [3.63, 3.8) is 0 Å². The predicted molar refractivity (Wildman–Crippen MR) is 93.6 cm³/mol. The summed E-state index contributed by atoms with van der Waals surface area (Å²) < 4.78 is 5.47. The topological polar surface area (TPSA) is 50.7 Å². The maximum atomic E-state index is 11.7. The summed E-state index contributed by atoms with van der Waals surface area (Å²) in [4.78, 5) is 11.7. The monoisotopic (exact) mass is 350 g/mol. The summed E-state index contributed by atoms with van der Waals surface area (Å²) in [6.45, 7) is 3.81. The molecule has 0 spiro atoms. The maximum absolute atomic E-state index is 11.7. The van der Waals surface area contributed by atoms with E-state index in [4.69, 9.17) is 27.9 Å². The summed E-state index contributed by atoms with van der Waals surface area (Å²) >= 11 is 11.9. The van der Waals surface area contributed by atoms with E-state index in [0.29, 0.717) is 21.4 Å². The third-order valence-electron chi connectivity index (χ3n) is 3.06. The van der Waals surface area contributed by atoms with Crippen molar-refractivity contribution in [1.82, 2.24) is 5.43 Å². The number of nitrogens with one attached hydrogen (secondary N) is 1. The van der Waals surface area contributed by atoms with E-state index in [1.165, 1.54) is 6.21 Å². The summed E-state index contributed by atoms with van der Waals surface area (Å²) in [6, 6.07) is 10.9. The average molecular weight is 351 g/mol. The van der Waals surface area contributed by atoms with Crippen molar-refractivity contribution in [2.75, 3.05) is 6.61 Å². The van der Waals surface area contributed by atoms with E-state index in [9.17, 15) is 4.79 Å². The minimum atomic E-state index is -0.362. The number of halogens is 2. The van der Waals surface area contributed by atoms with E-state index in [2.05, 4.69) is 10.5 Å². The summed E-state index contributed by atoms with van der Waals surface area (Å²) in [5, 5.41) is 4.66. The van der Waals surface area contributed by atoms with Crippen LogP contribution in [0.25, 0.3) is 0 Å². The van der Waals surface area contributed by atoms with Crippen molar-refractivity contribution in [3.05, 3.63) is 63.1 Å². The quantitative estimate of drug-likeness (QED) is 0.650. The number of nitrogens with zero attached hydrogens (tertiary/aromatic N) is 1. The first-order valence-corrected chi connectivity index (χ1v) is 7.69. The van der Waals surface area contributed by atoms with Crippen LogP contribution >= 0.6 is 23.2 Å². The van der Waals surface area contributed by atoms with Crippen molar-refractivity contribution in [3.8, 4) is 5.75 Å². The Balaban J connectivity index is 1.87. The van der Waals surface area contributed by atoms with Gasteiger partial charge in [-0.15, -0.1) is 0 Å². The van der Waals surface area contributed by atoms with Crippen molar-refractivity contribution < 1.29 is 9.53 Å². The zero-order chi connectivity index (χ0) is 16.8. The second kappa shape index (κ2) is 7.99. The Morgan fingerprint density at radius 2 is 2.04 bits per heavy atom. The highest BCUT2D eigenvalue weighted by Gasteiger charge is 2.05. The first-order valence-electron chi connectivity index (χ1n) is 6.93. The number of hydrogen-bond acceptors (Lipinski definition) is 3. The average Bonchev–Trinajstić information content (AvgIpc) is 2.50. The molecule has 1 amide bonds. The Bertz CT molecular complexity index is 745. The van der Waals surface area contributed by atoms with E-state index < -0.39 is 0 Å². The second-order valence-corrected chi connectivity index (χ2v) is 5.78. The van der Waals surface area contributed by atoms with Gasteiger partial charge in [-0.25, -0.2) is 5.43 Å². The smallest absolute Gasteiger partial charge is 0.277 e. The highest BCUT2D eigenvalue weighted by atomic mass is 35.5. The predicted octanol–water partition coefficient (Wildman–Crippen LogP) is 4.14. The van der Waals surface area contributed by atoms with E-state index in [-0.39, 0.29) is 12.5 Å². The third-order valence-corrected chi connectivity index (χ3v) is 3.90. The molecule has 0 saturated heterocycles. The molecule has 23 heavy (non-hydrogen) atoms. The van der Waals surface area contributed by atoms with Crippen LogP contribution in [0, 0.1) is 13.8 Å². The summed E-state index contributed by atoms with van der Waals surface area (Å²) in [5.74, 6) is 0.312. The van der Waals surface area contributed by atoms with Gasteiger partial charge in [0, 0.05) is 5.56 Å². The molecule has 1 N–H and O–H groups in total. The number of ether oxygens (including phenoxy) is 1. The molecule has 0 unspecified atom stereocenters. The van der Waals surface area contributed by atoms with E-state index in [1.54, 1.807) is 18.2 Å². The van der Waals surface area contributed by atoms with Crippen molar-refractivity contribution >= 4 is 35.3 Å². The molecule has 0 aliphatic carbocycles. The highest BCUT2D eigenvalue weighted by molar-refractivity contribution is 6.43. The molecule has 0 atom stereocenters. The number of carbonyl (C=O) groups is 1. The summed E-state index contributed by atoms with van der Waals surface area (Å²) in [5.41, 5.74) is 5.12. The molecule has 0 aliphatic rings. The Morgan fingerprint density at radius 1 is 1.26 bits per heavy atom. The van der Waals surface area contributed by atoms with Gasteiger partial charge in [-0.05, 0) is 31.5 Å². The van der Waals surface area contributed by atoms with Gasteiger partial charge in [-0.1, -0.05) is 53.0 Å². The zero-order valence-corrected chi connectivity index (χ0v) is 14.3. The van der Waals surface area contributed by atoms with Crippen LogP contribution in [0.2, 0.25) is 10.0 Å². The maximum Gasteiger partial charge on any atom is 0.277 e. The van der Waals surface area contributed by atoms with Crippen LogP contribution in [-0.4, -0.2) is 18.7 Å². The molecule has 0 aromatic heterocycles. The number of aryl methyl sites for hydroxylation is 2. The number of carbonyl (C=O) groups excluding carboxylic acids is 1. The molecule has 0 fully saturated rings. The van der Waals surface area contributed by atoms with Crippen LogP contribution in [0.5, 0.6) is 5.75 Å². The van der Waals surface area contributed by atoms with Gasteiger partial charge in [-0.3, -0.25) is 4.79 Å². The molecule has 120 valence electrons. The fraction of sp³-hybridized carbons (Fsp3) is 0.176. The van der Waals surface area contributed by atoms with Gasteiger partial charge in [0.25, 0.3) is 5.91 Å². The van der Waals surface area contributed by atoms with Gasteiger partial charge in [0.15, 0.2) is 6.61 Å². The molecule has 4 nitrogen and oxygen atoms in total. The van der Waals surface area contributed by atoms with Gasteiger partial charge in [0.05, 0.1) is 16.3 Å². The summed E-state index contributed by atoms with van der Waals surface area (Å²) in [6.07, 6.45) is 1.43. The SMILES string of the molecule is Cc1ccc(OCC(=O)NN=Cc2cccc(Cl)c2Cl)c(C)c1. The van der Waals surface area contributed by atoms with Gasteiger partial charge < -0.3 is 4.74 Å². The van der Waals surface area contributed by atoms with Crippen LogP contribution in [0.3, 0.4) is 0 Å². The Kier molecular flexibility index (Phi) is 6.02. The minimum Gasteiger partial charge on any atom is -0.483 e. The van der Waals surface area contributed by atoms with Crippen LogP contribution in [0.15, 0.2) is 41.5 Å². The highest BCUT2D eigenvalue weighted by Crippen LogP contribution is 2.24. The number of rotatable bonds is 5. The molecule has 0 heterocycles. The molecular weight excluding hydrogens is 335 g/mol. The Morgan fingerprint density at radius 3 is 2.78 bits per heavy atom. The van der Waals surface area contributed by atoms with Crippen molar-refractivity contribution in [2.45, 2.75) is 13.8 Å². The van der Waals surface area contributed by atoms with Crippen LogP contribution in [-0.2, 0) is 4.79 Å². The lowest BCUT2D eigenvalue weighted by Gasteiger charge is -2.08. The van der Waals surface area contributed by atoms with Crippen molar-refractivity contribution in [2.24, 2.45) is 5.10 Å². The van der Waals surface area contributed by atoms with E-state index in [1.807, 2.05) is 32.0 Å². The largest absolute Gasteiger partial charge is 0.483 e. The van der Waals surface area contributed by atoms with Gasteiger partial charge in [-0.2, -0.15) is 5.10 Å². The number of hydrogen-bond donors (Lipinski definition) is 1. The molecule has 2 aromatic carbocycles. The van der Waals surface area contributed by atoms with Gasteiger partial charge in [0.2, 0.25) is 0 Å². The van der Waals surface area contributed by atoms with Crippen LogP contribution in [0.1, 0.15) is 16.7 Å². The molecular formula is C17H16Cl2N2O2. The normalized spacial score (nSPS) is 10.8. The van der Waals surface area contributed by atoms with Crippen LogP contribution in [0.4, 0.5) is 0 Å². The van der Waals surface area contributed by atoms with Gasteiger partial charge >= 0.3 is 0 Å². The number of hydrazone groups is 1. The molecule has 2 aromatic rings. The number of benzene rings is 2. The lowest BCUT2D eigenvalue weighted by Crippen LogP contribution is -2.24. The van der Waals surface area contributed by atoms with Crippen molar-refractivity contribution in [1.29, 1.82) is 0 Å². The van der Waals surface area contributed by atoms with E-state index in [0.717, 1.165) is 11.1 Å².